The highest BCUT2D eigenvalue weighted by Gasteiger charge is 2.43. The molecule has 9 nitrogen and oxygen atoms in total. The number of nitrogens with zero attached hydrogens (tertiary/aromatic N) is 4. The zero-order chi connectivity index (χ0) is 24.8. The van der Waals surface area contributed by atoms with Gasteiger partial charge < -0.3 is 26.0 Å². The fourth-order valence-corrected chi connectivity index (χ4v) is 6.33. The smallest absolute Gasteiger partial charge is 0.324 e. The number of carbonyl (C=O) groups is 2. The number of nitriles is 1. The standard InChI is InChI=1S/C24H38N6O3S/c1-4-5-7-30(24(33)27-6-8-28(2)9-10-31)23(32)17-11-16-12-18-19(14-25)22(26)34-21(18)13-20(16)29(3)15-17/h16-17,20,31H,4-13,15,26H2,1-3H3,(H,27,33)/t16-,17-,20-/m1/s1. The average Bonchev–Trinajstić information content (AvgIpc) is 3.11. The van der Waals surface area contributed by atoms with Crippen LogP contribution in [-0.4, -0.2) is 91.2 Å². The van der Waals surface area contributed by atoms with Crippen LogP contribution < -0.4 is 11.1 Å². The van der Waals surface area contributed by atoms with E-state index >= 15 is 0 Å². The van der Waals surface area contributed by atoms with Gasteiger partial charge in [-0.2, -0.15) is 5.26 Å². The van der Waals surface area contributed by atoms with Gasteiger partial charge in [-0.15, -0.1) is 11.3 Å². The highest BCUT2D eigenvalue weighted by atomic mass is 32.1. The van der Waals surface area contributed by atoms with E-state index in [2.05, 4.69) is 23.3 Å². The van der Waals surface area contributed by atoms with Gasteiger partial charge in [0.1, 0.15) is 11.1 Å². The zero-order valence-electron chi connectivity index (χ0n) is 20.5. The molecule has 1 fully saturated rings. The highest BCUT2D eigenvalue weighted by Crippen LogP contribution is 2.43. The van der Waals surface area contributed by atoms with Crippen molar-refractivity contribution < 1.29 is 14.7 Å². The molecule has 1 aliphatic heterocycles. The van der Waals surface area contributed by atoms with Gasteiger partial charge in [-0.1, -0.05) is 13.3 Å². The van der Waals surface area contributed by atoms with Crippen molar-refractivity contribution in [2.24, 2.45) is 11.8 Å². The third kappa shape index (κ3) is 5.89. The molecule has 34 heavy (non-hydrogen) atoms. The van der Waals surface area contributed by atoms with Crippen molar-refractivity contribution in [1.82, 2.24) is 20.0 Å². The minimum atomic E-state index is -0.344. The second kappa shape index (κ2) is 12.0. The van der Waals surface area contributed by atoms with Crippen LogP contribution in [0.5, 0.6) is 0 Å². The Morgan fingerprint density at radius 1 is 1.32 bits per heavy atom. The maximum atomic E-state index is 13.6. The molecule has 1 aromatic rings. The summed E-state index contributed by atoms with van der Waals surface area (Å²) >= 11 is 1.52. The molecular weight excluding hydrogens is 452 g/mol. The second-order valence-corrected chi connectivity index (χ2v) is 10.7. The number of piperidine rings is 1. The van der Waals surface area contributed by atoms with Gasteiger partial charge in [0.25, 0.3) is 0 Å². The van der Waals surface area contributed by atoms with E-state index in [0.717, 1.165) is 31.2 Å². The molecule has 0 bridgehead atoms. The van der Waals surface area contributed by atoms with Crippen molar-refractivity contribution in [1.29, 1.82) is 5.26 Å². The Balaban J connectivity index is 1.68. The van der Waals surface area contributed by atoms with Crippen LogP contribution in [0, 0.1) is 23.2 Å². The Hall–Kier alpha value is -2.19. The van der Waals surface area contributed by atoms with Crippen LogP contribution >= 0.6 is 11.3 Å². The monoisotopic (exact) mass is 490 g/mol. The largest absolute Gasteiger partial charge is 0.395 e. The Bertz CT molecular complexity index is 913. The highest BCUT2D eigenvalue weighted by molar-refractivity contribution is 7.16. The number of aliphatic hydroxyl groups excluding tert-OH is 1. The molecule has 3 rings (SSSR count). The van der Waals surface area contributed by atoms with Gasteiger partial charge in [-0.05, 0) is 51.3 Å². The van der Waals surface area contributed by atoms with Crippen LogP contribution in [0.15, 0.2) is 0 Å². The lowest BCUT2D eigenvalue weighted by molar-refractivity contribution is -0.136. The van der Waals surface area contributed by atoms with Crippen molar-refractivity contribution in [2.75, 3.05) is 59.2 Å². The summed E-state index contributed by atoms with van der Waals surface area (Å²) in [5.41, 5.74) is 7.75. The first-order chi connectivity index (χ1) is 16.3. The third-order valence-electron chi connectivity index (χ3n) is 7.14. The summed E-state index contributed by atoms with van der Waals surface area (Å²) in [6.07, 6.45) is 3.98. The van der Waals surface area contributed by atoms with E-state index in [1.807, 2.05) is 18.9 Å². The van der Waals surface area contributed by atoms with Crippen LogP contribution in [0.25, 0.3) is 0 Å². The number of likely N-dealkylation sites (N-methyl/N-ethyl adjacent to an activating group) is 2. The number of fused-ring (bicyclic) bond motifs is 2. The first kappa shape index (κ1) is 26.4. The molecule has 1 aromatic heterocycles. The number of unbranched alkanes of at least 4 members (excludes halogenated alkanes) is 1. The van der Waals surface area contributed by atoms with E-state index in [9.17, 15) is 14.9 Å². The summed E-state index contributed by atoms with van der Waals surface area (Å²) in [6, 6.07) is 2.24. The molecule has 2 heterocycles. The van der Waals surface area contributed by atoms with E-state index in [4.69, 9.17) is 10.8 Å². The maximum absolute atomic E-state index is 13.6. The SMILES string of the molecule is CCCCN(C(=O)NCCN(C)CCO)C(=O)[C@@H]1C[C@@H]2Cc3c(sc(N)c3C#N)C[C@H]2N(C)C1. The lowest BCUT2D eigenvalue weighted by Gasteiger charge is -2.45. The van der Waals surface area contributed by atoms with E-state index in [-0.39, 0.29) is 30.4 Å². The van der Waals surface area contributed by atoms with Gasteiger partial charge in [-0.25, -0.2) is 4.79 Å². The van der Waals surface area contributed by atoms with Crippen molar-refractivity contribution in [3.8, 4) is 6.07 Å². The predicted molar refractivity (Wildman–Crippen MR) is 133 cm³/mol. The van der Waals surface area contributed by atoms with Gasteiger partial charge in [0, 0.05) is 43.6 Å². The number of hydrogen-bond donors (Lipinski definition) is 3. The number of amides is 3. The molecule has 3 amide bonds. The number of aliphatic hydroxyl groups is 1. The van der Waals surface area contributed by atoms with Crippen LogP contribution in [0.1, 0.15) is 42.2 Å². The summed E-state index contributed by atoms with van der Waals surface area (Å²) in [4.78, 5) is 33.3. The Morgan fingerprint density at radius 2 is 2.09 bits per heavy atom. The quantitative estimate of drug-likeness (QED) is 0.479. The van der Waals surface area contributed by atoms with Crippen molar-refractivity contribution in [3.05, 3.63) is 16.0 Å². The molecule has 0 radical (unpaired) electrons. The molecule has 2 aliphatic rings. The number of likely N-dealkylation sites (tertiary alicyclic amines) is 1. The number of rotatable bonds is 9. The summed E-state index contributed by atoms with van der Waals surface area (Å²) in [5.74, 6) is -0.116. The number of hydrogen-bond acceptors (Lipinski definition) is 8. The molecule has 10 heteroatoms. The minimum Gasteiger partial charge on any atom is -0.395 e. The molecular formula is C24H38N6O3S. The van der Waals surface area contributed by atoms with Crippen molar-refractivity contribution in [2.45, 2.75) is 45.1 Å². The Morgan fingerprint density at radius 3 is 2.76 bits per heavy atom. The second-order valence-electron chi connectivity index (χ2n) is 9.56. The van der Waals surface area contributed by atoms with Crippen molar-refractivity contribution in [3.63, 3.8) is 0 Å². The number of nitrogens with two attached hydrogens (primary N) is 1. The normalized spacial score (nSPS) is 22.1. The molecule has 0 saturated carbocycles. The first-order valence-corrected chi connectivity index (χ1v) is 13.0. The van der Waals surface area contributed by atoms with E-state index in [1.165, 1.54) is 21.1 Å². The minimum absolute atomic E-state index is 0.0677. The van der Waals surface area contributed by atoms with Gasteiger partial charge in [0.2, 0.25) is 5.91 Å². The molecule has 1 aliphatic carbocycles. The van der Waals surface area contributed by atoms with E-state index in [0.29, 0.717) is 55.8 Å². The van der Waals surface area contributed by atoms with Gasteiger partial charge in [0.05, 0.1) is 18.1 Å². The fraction of sp³-hybridized carbons (Fsp3) is 0.708. The zero-order valence-corrected chi connectivity index (χ0v) is 21.4. The van der Waals surface area contributed by atoms with E-state index < -0.39 is 0 Å². The summed E-state index contributed by atoms with van der Waals surface area (Å²) < 4.78 is 0. The number of imide groups is 1. The molecule has 1 saturated heterocycles. The number of nitrogens with one attached hydrogen (secondary N) is 1. The van der Waals surface area contributed by atoms with Crippen LogP contribution in [0.2, 0.25) is 0 Å². The number of urea groups is 1. The molecule has 0 spiro atoms. The molecule has 4 N–H and O–H groups in total. The maximum Gasteiger partial charge on any atom is 0.324 e. The number of thiophene rings is 1. The predicted octanol–water partition coefficient (Wildman–Crippen LogP) is 1.50. The van der Waals surface area contributed by atoms with Crippen LogP contribution in [0.3, 0.4) is 0 Å². The third-order valence-corrected chi connectivity index (χ3v) is 8.23. The molecule has 3 atom stereocenters. The Labute approximate surface area is 206 Å². The Kier molecular flexibility index (Phi) is 9.31. The molecule has 0 unspecified atom stereocenters. The van der Waals surface area contributed by atoms with Crippen molar-refractivity contribution >= 4 is 28.3 Å². The lowest BCUT2D eigenvalue weighted by atomic mass is 9.74. The number of anilines is 1. The average molecular weight is 491 g/mol. The number of carbonyl (C=O) groups excluding carboxylic acids is 2. The molecule has 0 aromatic carbocycles. The summed E-state index contributed by atoms with van der Waals surface area (Å²) in [5, 5.41) is 22.0. The van der Waals surface area contributed by atoms with Gasteiger partial charge in [0.15, 0.2) is 0 Å². The summed E-state index contributed by atoms with van der Waals surface area (Å²) in [7, 11) is 3.93. The van der Waals surface area contributed by atoms with E-state index in [1.54, 1.807) is 0 Å². The molecule has 188 valence electrons. The lowest BCUT2D eigenvalue weighted by Crippen LogP contribution is -2.55. The van der Waals surface area contributed by atoms with Gasteiger partial charge >= 0.3 is 6.03 Å². The topological polar surface area (TPSA) is 126 Å². The summed E-state index contributed by atoms with van der Waals surface area (Å²) in [6.45, 7) is 4.70. The fourth-order valence-electron chi connectivity index (χ4n) is 5.23. The van der Waals surface area contributed by atoms with Gasteiger partial charge in [-0.3, -0.25) is 9.69 Å². The number of nitrogen functional groups attached to an aromatic ring is 1. The first-order valence-electron chi connectivity index (χ1n) is 12.2. The van der Waals surface area contributed by atoms with Crippen LogP contribution in [-0.2, 0) is 17.6 Å². The van der Waals surface area contributed by atoms with Crippen LogP contribution in [0.4, 0.5) is 9.80 Å².